The minimum atomic E-state index is -1.07. The second-order valence-corrected chi connectivity index (χ2v) is 4.48. The van der Waals surface area contributed by atoms with Crippen LogP contribution in [-0.2, 0) is 6.61 Å². The number of rotatable bonds is 5. The number of aryl methyl sites for hydroxylation is 2. The van der Waals surface area contributed by atoms with E-state index in [0.29, 0.717) is 11.5 Å². The molecule has 7 nitrogen and oxygen atoms in total. The smallest absolute Gasteiger partial charge is 0.339 e. The maximum absolute atomic E-state index is 10.9. The van der Waals surface area contributed by atoms with E-state index in [4.69, 9.17) is 14.3 Å². The number of non-ortho nitro benzene ring substituents is 1. The molecule has 1 N–H and O–H groups in total. The van der Waals surface area contributed by atoms with E-state index in [1.807, 2.05) is 0 Å². The van der Waals surface area contributed by atoms with E-state index in [1.54, 1.807) is 19.9 Å². The van der Waals surface area contributed by atoms with Gasteiger partial charge in [0, 0.05) is 6.07 Å². The van der Waals surface area contributed by atoms with Crippen LogP contribution in [-0.4, -0.2) is 16.0 Å². The van der Waals surface area contributed by atoms with E-state index in [1.165, 1.54) is 18.2 Å². The quantitative estimate of drug-likeness (QED) is 0.670. The van der Waals surface area contributed by atoms with Crippen molar-refractivity contribution in [3.63, 3.8) is 0 Å². The van der Waals surface area contributed by atoms with Gasteiger partial charge in [-0.05, 0) is 31.5 Å². The van der Waals surface area contributed by atoms with Crippen molar-refractivity contribution >= 4 is 11.7 Å². The molecule has 0 aliphatic heterocycles. The summed E-state index contributed by atoms with van der Waals surface area (Å²) in [6.45, 7) is 3.30. The molecule has 0 spiro atoms. The number of nitro groups is 1. The summed E-state index contributed by atoms with van der Waals surface area (Å²) >= 11 is 0. The number of benzene rings is 1. The van der Waals surface area contributed by atoms with Crippen molar-refractivity contribution in [3.05, 3.63) is 57.0 Å². The summed E-state index contributed by atoms with van der Waals surface area (Å²) in [5.41, 5.74) is 0.740. The third-order valence-electron chi connectivity index (χ3n) is 2.95. The molecule has 0 aliphatic rings. The van der Waals surface area contributed by atoms with Crippen LogP contribution in [0.3, 0.4) is 0 Å². The molecule has 1 aromatic carbocycles. The van der Waals surface area contributed by atoms with E-state index in [2.05, 4.69) is 0 Å². The van der Waals surface area contributed by atoms with E-state index in [-0.39, 0.29) is 23.6 Å². The van der Waals surface area contributed by atoms with Gasteiger partial charge >= 0.3 is 5.97 Å². The van der Waals surface area contributed by atoms with Gasteiger partial charge in [-0.2, -0.15) is 0 Å². The number of carboxylic acid groups (broad SMARTS) is 1. The third kappa shape index (κ3) is 3.19. The van der Waals surface area contributed by atoms with Crippen LogP contribution in [0.25, 0.3) is 0 Å². The second kappa shape index (κ2) is 5.66. The Morgan fingerprint density at radius 1 is 1.38 bits per heavy atom. The molecular formula is C14H13NO6. The zero-order valence-electron chi connectivity index (χ0n) is 11.5. The molecule has 0 saturated heterocycles. The summed E-state index contributed by atoms with van der Waals surface area (Å²) in [5.74, 6) is -0.0863. The van der Waals surface area contributed by atoms with Crippen LogP contribution in [0.2, 0.25) is 0 Å². The number of nitro benzene ring substituents is 1. The van der Waals surface area contributed by atoms with Crippen LogP contribution in [0.1, 0.15) is 27.4 Å². The van der Waals surface area contributed by atoms with E-state index in [0.717, 1.165) is 5.56 Å². The maximum atomic E-state index is 10.9. The third-order valence-corrected chi connectivity index (χ3v) is 2.95. The fourth-order valence-electron chi connectivity index (χ4n) is 1.83. The number of aromatic carboxylic acids is 1. The van der Waals surface area contributed by atoms with Crippen LogP contribution in [0, 0.1) is 24.0 Å². The molecule has 0 radical (unpaired) electrons. The summed E-state index contributed by atoms with van der Waals surface area (Å²) < 4.78 is 10.7. The molecule has 1 heterocycles. The molecule has 7 heteroatoms. The summed E-state index contributed by atoms with van der Waals surface area (Å²) in [6.07, 6.45) is 0. The topological polar surface area (TPSA) is 103 Å². The van der Waals surface area contributed by atoms with Gasteiger partial charge < -0.3 is 14.3 Å². The maximum Gasteiger partial charge on any atom is 0.339 e. The minimum Gasteiger partial charge on any atom is -0.485 e. The Hall–Kier alpha value is -2.83. The van der Waals surface area contributed by atoms with Gasteiger partial charge in [-0.1, -0.05) is 0 Å². The Bertz CT molecular complexity index is 703. The molecule has 0 amide bonds. The number of hydrogen-bond donors (Lipinski definition) is 1. The van der Waals surface area contributed by atoms with E-state index >= 15 is 0 Å². The highest BCUT2D eigenvalue weighted by Gasteiger charge is 2.15. The number of carbonyl (C=O) groups is 1. The number of carboxylic acids is 1. The van der Waals surface area contributed by atoms with Gasteiger partial charge in [0.05, 0.1) is 11.0 Å². The van der Waals surface area contributed by atoms with Crippen molar-refractivity contribution in [3.8, 4) is 5.75 Å². The van der Waals surface area contributed by atoms with Gasteiger partial charge in [0.1, 0.15) is 29.4 Å². The SMILES string of the molecule is Cc1ccc([N+](=O)[O-])cc1OCc1cc(C(=O)O)c(C)o1. The number of nitrogens with zero attached hydrogens (tertiary/aromatic N) is 1. The summed E-state index contributed by atoms with van der Waals surface area (Å²) in [4.78, 5) is 21.1. The van der Waals surface area contributed by atoms with Crippen LogP contribution < -0.4 is 4.74 Å². The molecule has 2 rings (SSSR count). The van der Waals surface area contributed by atoms with E-state index < -0.39 is 10.9 Å². The number of hydrogen-bond acceptors (Lipinski definition) is 5. The standard InChI is InChI=1S/C14H13NO6/c1-8-3-4-10(15(18)19)5-13(8)20-7-11-6-12(14(16)17)9(2)21-11/h3-6H,7H2,1-2H3,(H,16,17). The molecule has 0 aliphatic carbocycles. The van der Waals surface area contributed by atoms with Crippen molar-refractivity contribution in [2.45, 2.75) is 20.5 Å². The molecule has 0 saturated carbocycles. The van der Waals surface area contributed by atoms with Crippen LogP contribution >= 0.6 is 0 Å². The highest BCUT2D eigenvalue weighted by molar-refractivity contribution is 5.88. The van der Waals surface area contributed by atoms with Crippen LogP contribution in [0.5, 0.6) is 5.75 Å². The minimum absolute atomic E-state index is 0.00384. The van der Waals surface area contributed by atoms with Gasteiger partial charge in [-0.25, -0.2) is 4.79 Å². The lowest BCUT2D eigenvalue weighted by atomic mass is 10.2. The normalized spacial score (nSPS) is 10.4. The highest BCUT2D eigenvalue weighted by atomic mass is 16.6. The molecule has 0 atom stereocenters. The number of ether oxygens (including phenoxy) is 1. The largest absolute Gasteiger partial charge is 0.485 e. The Kier molecular flexibility index (Phi) is 3.93. The molecule has 21 heavy (non-hydrogen) atoms. The number of furan rings is 1. The molecule has 110 valence electrons. The van der Waals surface area contributed by atoms with E-state index in [9.17, 15) is 14.9 Å². The first-order chi connectivity index (χ1) is 9.88. The first-order valence-electron chi connectivity index (χ1n) is 6.09. The van der Waals surface area contributed by atoms with Crippen molar-refractivity contribution in [2.24, 2.45) is 0 Å². The Labute approximate surface area is 119 Å². The van der Waals surface area contributed by atoms with Gasteiger partial charge in [-0.3, -0.25) is 10.1 Å². The predicted molar refractivity (Wildman–Crippen MR) is 72.6 cm³/mol. The Morgan fingerprint density at radius 3 is 2.67 bits per heavy atom. The fourth-order valence-corrected chi connectivity index (χ4v) is 1.83. The zero-order chi connectivity index (χ0) is 15.6. The summed E-state index contributed by atoms with van der Waals surface area (Å²) in [7, 11) is 0. The van der Waals surface area contributed by atoms with Crippen LogP contribution in [0.15, 0.2) is 28.7 Å². The Balaban J connectivity index is 2.16. The summed E-state index contributed by atoms with van der Waals surface area (Å²) in [5, 5.41) is 19.7. The monoisotopic (exact) mass is 291 g/mol. The lowest BCUT2D eigenvalue weighted by Crippen LogP contribution is -1.98. The molecule has 0 bridgehead atoms. The Morgan fingerprint density at radius 2 is 2.10 bits per heavy atom. The van der Waals surface area contributed by atoms with Gasteiger partial charge in [0.15, 0.2) is 0 Å². The van der Waals surface area contributed by atoms with Crippen molar-refractivity contribution in [2.75, 3.05) is 0 Å². The average Bonchev–Trinajstić information content (AvgIpc) is 2.79. The molecule has 0 unspecified atom stereocenters. The van der Waals surface area contributed by atoms with Gasteiger partial charge in [-0.15, -0.1) is 0 Å². The van der Waals surface area contributed by atoms with Crippen molar-refractivity contribution < 1.29 is 24.0 Å². The highest BCUT2D eigenvalue weighted by Crippen LogP contribution is 2.25. The molecule has 0 fully saturated rings. The molecule has 1 aromatic heterocycles. The van der Waals surface area contributed by atoms with Gasteiger partial charge in [0.25, 0.3) is 5.69 Å². The average molecular weight is 291 g/mol. The lowest BCUT2D eigenvalue weighted by molar-refractivity contribution is -0.385. The molecule has 2 aromatic rings. The van der Waals surface area contributed by atoms with Gasteiger partial charge in [0.2, 0.25) is 0 Å². The fraction of sp³-hybridized carbons (Fsp3) is 0.214. The van der Waals surface area contributed by atoms with Crippen LogP contribution in [0.4, 0.5) is 5.69 Å². The first kappa shape index (κ1) is 14.6. The first-order valence-corrected chi connectivity index (χ1v) is 6.09. The van der Waals surface area contributed by atoms with Crippen molar-refractivity contribution in [1.82, 2.24) is 0 Å². The molecular weight excluding hydrogens is 278 g/mol. The lowest BCUT2D eigenvalue weighted by Gasteiger charge is -2.07. The van der Waals surface area contributed by atoms with Crippen molar-refractivity contribution in [1.29, 1.82) is 0 Å². The summed E-state index contributed by atoms with van der Waals surface area (Å²) in [6, 6.07) is 5.68. The second-order valence-electron chi connectivity index (χ2n) is 4.48. The zero-order valence-corrected chi connectivity index (χ0v) is 11.5. The predicted octanol–water partition coefficient (Wildman–Crippen LogP) is 3.08.